The first-order chi connectivity index (χ1) is 15.3. The average Bonchev–Trinajstić information content (AvgIpc) is 3.66. The quantitative estimate of drug-likeness (QED) is 0.639. The molecule has 0 amide bonds. The summed E-state index contributed by atoms with van der Waals surface area (Å²) < 4.78 is 0. The molecular weight excluding hydrogens is 386 g/mol. The lowest BCUT2D eigenvalue weighted by atomic mass is 9.90. The molecule has 2 N–H and O–H groups in total. The Balaban J connectivity index is 0.00000112. The number of hydrogen-bond acceptors (Lipinski definition) is 4. The molecule has 1 fully saturated rings. The van der Waals surface area contributed by atoms with E-state index < -0.39 is 0 Å². The van der Waals surface area contributed by atoms with Crippen LogP contribution < -0.4 is 10.9 Å². The molecule has 0 bridgehead atoms. The average molecular weight is 416 g/mol. The first-order valence-electron chi connectivity index (χ1n) is 11.1. The Morgan fingerprint density at radius 2 is 1.58 bits per heavy atom. The Kier molecular flexibility index (Phi) is 6.73. The first-order valence-corrected chi connectivity index (χ1v) is 11.1. The van der Waals surface area contributed by atoms with Crippen molar-refractivity contribution in [1.82, 2.24) is 15.5 Å². The molecule has 160 valence electrons. The van der Waals surface area contributed by atoms with Gasteiger partial charge in [-0.2, -0.15) is 5.10 Å². The van der Waals surface area contributed by atoms with E-state index >= 15 is 0 Å². The molecule has 0 atom stereocenters. The van der Waals surface area contributed by atoms with Crippen LogP contribution in [0.3, 0.4) is 0 Å². The highest BCUT2D eigenvalue weighted by molar-refractivity contribution is 5.65. The summed E-state index contributed by atoms with van der Waals surface area (Å²) in [5.41, 5.74) is 8.19. The smallest absolute Gasteiger partial charge is 0.267 e. The number of carbonyl (C=O) groups excluding carboxylic acids is 1. The number of benzene rings is 2. The van der Waals surface area contributed by atoms with E-state index in [1.165, 1.54) is 40.7 Å². The molecule has 5 nitrogen and oxygen atoms in total. The van der Waals surface area contributed by atoms with Gasteiger partial charge in [0, 0.05) is 24.6 Å². The van der Waals surface area contributed by atoms with E-state index in [4.69, 9.17) is 4.79 Å². The van der Waals surface area contributed by atoms with Gasteiger partial charge >= 0.3 is 0 Å². The van der Waals surface area contributed by atoms with Crippen LogP contribution in [0.5, 0.6) is 0 Å². The molecule has 0 spiro atoms. The number of nitrogens with zero attached hydrogens (tertiary/aromatic N) is 1. The molecule has 2 aliphatic carbocycles. The molecule has 0 unspecified atom stereocenters. The lowest BCUT2D eigenvalue weighted by Crippen LogP contribution is -2.23. The zero-order chi connectivity index (χ0) is 21.6. The summed E-state index contributed by atoms with van der Waals surface area (Å²) in [5, 5.41) is 10.7. The van der Waals surface area contributed by atoms with Gasteiger partial charge in [-0.1, -0.05) is 42.5 Å². The second-order valence-corrected chi connectivity index (χ2v) is 8.40. The van der Waals surface area contributed by atoms with Gasteiger partial charge in [0.2, 0.25) is 0 Å². The van der Waals surface area contributed by atoms with Crippen LogP contribution in [0.25, 0.3) is 11.1 Å². The third-order valence-electron chi connectivity index (χ3n) is 6.11. The minimum absolute atomic E-state index is 0.00572. The molecule has 31 heavy (non-hydrogen) atoms. The van der Waals surface area contributed by atoms with E-state index in [1.807, 2.05) is 6.79 Å². The fourth-order valence-electron chi connectivity index (χ4n) is 4.34. The Labute approximate surface area is 182 Å². The molecular formula is C26H29N3O2. The Morgan fingerprint density at radius 3 is 2.29 bits per heavy atom. The number of carbonyl (C=O) groups is 1. The summed E-state index contributed by atoms with van der Waals surface area (Å²) in [6, 6.07) is 18.2. The van der Waals surface area contributed by atoms with Crippen molar-refractivity contribution in [1.29, 1.82) is 0 Å². The summed E-state index contributed by atoms with van der Waals surface area (Å²) in [6.45, 7) is 2.94. The minimum Gasteiger partial charge on any atom is -0.310 e. The van der Waals surface area contributed by atoms with Crippen LogP contribution in [0.4, 0.5) is 0 Å². The fourth-order valence-corrected chi connectivity index (χ4v) is 4.34. The zero-order valence-corrected chi connectivity index (χ0v) is 17.8. The second kappa shape index (κ2) is 9.84. The Morgan fingerprint density at radius 1 is 0.935 bits per heavy atom. The van der Waals surface area contributed by atoms with Gasteiger partial charge < -0.3 is 10.1 Å². The van der Waals surface area contributed by atoms with Crippen molar-refractivity contribution < 1.29 is 4.79 Å². The molecule has 0 aliphatic heterocycles. The van der Waals surface area contributed by atoms with E-state index in [9.17, 15) is 4.79 Å². The van der Waals surface area contributed by atoms with Gasteiger partial charge in [0.05, 0.1) is 5.69 Å². The van der Waals surface area contributed by atoms with Crippen molar-refractivity contribution in [2.45, 2.75) is 57.5 Å². The SMILES string of the molecule is C=O.O=c1[nH]nc(Cc2cccc(-c3cccc(CNC4CC4)c3)c2)c2c1CCCC2. The monoisotopic (exact) mass is 415 g/mol. The van der Waals surface area contributed by atoms with Crippen LogP contribution in [0.1, 0.15) is 53.6 Å². The summed E-state index contributed by atoms with van der Waals surface area (Å²) in [4.78, 5) is 20.1. The predicted molar refractivity (Wildman–Crippen MR) is 123 cm³/mol. The van der Waals surface area contributed by atoms with Gasteiger partial charge in [0.25, 0.3) is 5.56 Å². The Bertz CT molecular complexity index is 1100. The number of fused-ring (bicyclic) bond motifs is 1. The van der Waals surface area contributed by atoms with Gasteiger partial charge in [0.1, 0.15) is 6.79 Å². The maximum atomic E-state index is 12.1. The van der Waals surface area contributed by atoms with E-state index in [1.54, 1.807) is 0 Å². The van der Waals surface area contributed by atoms with Gasteiger partial charge in [-0.05, 0) is 72.4 Å². The normalized spacial score (nSPS) is 15.0. The van der Waals surface area contributed by atoms with Crippen LogP contribution >= 0.6 is 0 Å². The third-order valence-corrected chi connectivity index (χ3v) is 6.11. The number of hydrogen-bond donors (Lipinski definition) is 2. The van der Waals surface area contributed by atoms with Crippen molar-refractivity contribution in [2.24, 2.45) is 0 Å². The van der Waals surface area contributed by atoms with Crippen LogP contribution in [0, 0.1) is 0 Å². The second-order valence-electron chi connectivity index (χ2n) is 8.40. The van der Waals surface area contributed by atoms with Crippen LogP contribution in [-0.2, 0) is 30.6 Å². The van der Waals surface area contributed by atoms with Crippen molar-refractivity contribution in [3.8, 4) is 11.1 Å². The minimum atomic E-state index is -0.00572. The van der Waals surface area contributed by atoms with E-state index in [-0.39, 0.29) is 5.56 Å². The maximum Gasteiger partial charge on any atom is 0.267 e. The Hall–Kier alpha value is -3.05. The number of H-pyrrole nitrogens is 1. The van der Waals surface area contributed by atoms with Gasteiger partial charge in [-0.25, -0.2) is 5.10 Å². The maximum absolute atomic E-state index is 12.1. The zero-order valence-electron chi connectivity index (χ0n) is 17.8. The number of rotatable bonds is 6. The topological polar surface area (TPSA) is 74.8 Å². The van der Waals surface area contributed by atoms with E-state index in [2.05, 4.69) is 64.0 Å². The fraction of sp³-hybridized carbons (Fsp3) is 0.346. The van der Waals surface area contributed by atoms with Gasteiger partial charge in [0.15, 0.2) is 0 Å². The summed E-state index contributed by atoms with van der Waals surface area (Å²) >= 11 is 0. The van der Waals surface area contributed by atoms with E-state index in [0.29, 0.717) is 0 Å². The molecule has 1 saturated carbocycles. The standard InChI is InChI=1S/C25H27N3O.CH2O/c29-25-23-10-2-1-9-22(23)24(27-28-25)15-17-5-3-7-19(13-17)20-8-4-6-18(14-20)16-26-21-11-12-21;1-2/h3-8,13-14,21,26H,1-2,9-12,15-16H2,(H,28,29);1H2. The van der Waals surface area contributed by atoms with Crippen LogP contribution in [0.2, 0.25) is 0 Å². The lowest BCUT2D eigenvalue weighted by Gasteiger charge is -2.17. The van der Waals surface area contributed by atoms with Crippen LogP contribution in [0.15, 0.2) is 53.3 Å². The third kappa shape index (κ3) is 5.17. The predicted octanol–water partition coefficient (Wildman–Crippen LogP) is 3.97. The lowest BCUT2D eigenvalue weighted by molar-refractivity contribution is -0.0979. The van der Waals surface area contributed by atoms with Crippen molar-refractivity contribution in [3.05, 3.63) is 86.8 Å². The van der Waals surface area contributed by atoms with Crippen LogP contribution in [-0.4, -0.2) is 23.0 Å². The molecule has 5 rings (SSSR count). The molecule has 5 heteroatoms. The first kappa shape index (κ1) is 21.2. The summed E-state index contributed by atoms with van der Waals surface area (Å²) in [5.74, 6) is 0. The summed E-state index contributed by atoms with van der Waals surface area (Å²) in [6.07, 6.45) is 7.47. The number of aromatic amines is 1. The molecule has 0 saturated heterocycles. The summed E-state index contributed by atoms with van der Waals surface area (Å²) in [7, 11) is 0. The van der Waals surface area contributed by atoms with Crippen molar-refractivity contribution >= 4 is 6.79 Å². The highest BCUT2D eigenvalue weighted by atomic mass is 16.1. The molecule has 0 radical (unpaired) electrons. The largest absolute Gasteiger partial charge is 0.310 e. The molecule has 1 heterocycles. The molecule has 2 aromatic carbocycles. The molecule has 1 aromatic heterocycles. The van der Waals surface area contributed by atoms with Gasteiger partial charge in [-0.15, -0.1) is 0 Å². The van der Waals surface area contributed by atoms with E-state index in [0.717, 1.165) is 55.9 Å². The highest BCUT2D eigenvalue weighted by Crippen LogP contribution is 2.26. The number of aromatic nitrogens is 2. The molecule has 3 aromatic rings. The van der Waals surface area contributed by atoms with Crippen molar-refractivity contribution in [2.75, 3.05) is 0 Å². The highest BCUT2D eigenvalue weighted by Gasteiger charge is 2.20. The molecule has 2 aliphatic rings. The van der Waals surface area contributed by atoms with Gasteiger partial charge in [-0.3, -0.25) is 4.79 Å². The van der Waals surface area contributed by atoms with Crippen molar-refractivity contribution in [3.63, 3.8) is 0 Å². The number of nitrogens with one attached hydrogen (secondary N) is 2.